The van der Waals surface area contributed by atoms with Crippen LogP contribution in [-0.2, 0) is 16.0 Å². The average molecular weight is 364 g/mol. The van der Waals surface area contributed by atoms with Gasteiger partial charge in [0.15, 0.2) is 0 Å². The largest absolute Gasteiger partial charge is 0.447 e. The first kappa shape index (κ1) is 18.7. The summed E-state index contributed by atoms with van der Waals surface area (Å²) in [5.41, 5.74) is 2.60. The van der Waals surface area contributed by atoms with Crippen LogP contribution in [0.25, 0.3) is 5.70 Å². The zero-order valence-corrected chi connectivity index (χ0v) is 15.6. The maximum Gasteiger partial charge on any atom is 0.411 e. The lowest BCUT2D eigenvalue weighted by atomic mass is 10.0. The van der Waals surface area contributed by atoms with Crippen LogP contribution in [0, 0.1) is 0 Å². The highest BCUT2D eigenvalue weighted by molar-refractivity contribution is 5.93. The van der Waals surface area contributed by atoms with Gasteiger partial charge in [0.25, 0.3) is 0 Å². The molecule has 140 valence electrons. The lowest BCUT2D eigenvalue weighted by Crippen LogP contribution is -2.49. The Morgan fingerprint density at radius 2 is 1.74 bits per heavy atom. The Bertz CT molecular complexity index is 816. The zero-order chi connectivity index (χ0) is 19.2. The fourth-order valence-corrected chi connectivity index (χ4v) is 3.04. The van der Waals surface area contributed by atoms with E-state index in [1.54, 1.807) is 13.8 Å². The number of amides is 2. The summed E-state index contributed by atoms with van der Waals surface area (Å²) in [5, 5.41) is 2.98. The number of ether oxygens (including phenoxy) is 1. The van der Waals surface area contributed by atoms with Gasteiger partial charge in [0, 0.05) is 18.7 Å². The SMILES string of the molecule is CC(C)OC(=O)N1CC=C(c2ccccc2)NC(=O)[C@@H]1Cc1ccccc1. The number of benzene rings is 2. The molecule has 2 aromatic carbocycles. The van der Waals surface area contributed by atoms with Crippen LogP contribution in [0.15, 0.2) is 66.7 Å². The molecule has 3 rings (SSSR count). The van der Waals surface area contributed by atoms with Gasteiger partial charge >= 0.3 is 6.09 Å². The summed E-state index contributed by atoms with van der Waals surface area (Å²) < 4.78 is 5.38. The number of rotatable bonds is 4. The highest BCUT2D eigenvalue weighted by Crippen LogP contribution is 2.19. The van der Waals surface area contributed by atoms with E-state index in [1.165, 1.54) is 4.90 Å². The summed E-state index contributed by atoms with van der Waals surface area (Å²) in [4.78, 5) is 27.1. The van der Waals surface area contributed by atoms with Crippen LogP contribution < -0.4 is 5.32 Å². The second-order valence-corrected chi connectivity index (χ2v) is 6.76. The second-order valence-electron chi connectivity index (χ2n) is 6.76. The van der Waals surface area contributed by atoms with Gasteiger partial charge < -0.3 is 10.1 Å². The van der Waals surface area contributed by atoms with Gasteiger partial charge in [-0.1, -0.05) is 60.7 Å². The molecule has 0 radical (unpaired) electrons. The summed E-state index contributed by atoms with van der Waals surface area (Å²) in [7, 11) is 0. The lowest BCUT2D eigenvalue weighted by Gasteiger charge is -2.28. The fourth-order valence-electron chi connectivity index (χ4n) is 3.04. The van der Waals surface area contributed by atoms with Crippen molar-refractivity contribution >= 4 is 17.7 Å². The van der Waals surface area contributed by atoms with E-state index in [2.05, 4.69) is 5.32 Å². The third-order valence-electron chi connectivity index (χ3n) is 4.36. The summed E-state index contributed by atoms with van der Waals surface area (Å²) in [6.07, 6.45) is 1.56. The predicted octanol–water partition coefficient (Wildman–Crippen LogP) is 3.62. The fraction of sp³-hybridized carbons (Fsp3) is 0.273. The molecule has 0 aliphatic carbocycles. The third-order valence-corrected chi connectivity index (χ3v) is 4.36. The zero-order valence-electron chi connectivity index (χ0n) is 15.6. The number of carbonyl (C=O) groups is 2. The average Bonchev–Trinajstić information content (AvgIpc) is 2.82. The molecule has 0 aromatic heterocycles. The van der Waals surface area contributed by atoms with Crippen molar-refractivity contribution < 1.29 is 14.3 Å². The molecule has 0 unspecified atom stereocenters. The third kappa shape index (κ3) is 4.76. The van der Waals surface area contributed by atoms with Crippen molar-refractivity contribution in [3.8, 4) is 0 Å². The maximum absolute atomic E-state index is 13.0. The Hall–Kier alpha value is -3.08. The van der Waals surface area contributed by atoms with Gasteiger partial charge in [-0.15, -0.1) is 0 Å². The van der Waals surface area contributed by atoms with Crippen molar-refractivity contribution in [2.75, 3.05) is 6.54 Å². The first-order chi connectivity index (χ1) is 13.0. The normalized spacial score (nSPS) is 17.1. The van der Waals surface area contributed by atoms with Crippen molar-refractivity contribution in [2.24, 2.45) is 0 Å². The molecular weight excluding hydrogens is 340 g/mol. The number of hydrogen-bond donors (Lipinski definition) is 1. The van der Waals surface area contributed by atoms with Crippen molar-refractivity contribution in [1.29, 1.82) is 0 Å². The number of hydrogen-bond acceptors (Lipinski definition) is 3. The van der Waals surface area contributed by atoms with Crippen LogP contribution in [0.4, 0.5) is 4.79 Å². The molecule has 0 saturated carbocycles. The molecule has 1 heterocycles. The Kier molecular flexibility index (Phi) is 5.91. The molecule has 1 aliphatic rings. The van der Waals surface area contributed by atoms with Crippen molar-refractivity contribution in [2.45, 2.75) is 32.4 Å². The van der Waals surface area contributed by atoms with Crippen molar-refractivity contribution in [3.05, 3.63) is 77.9 Å². The van der Waals surface area contributed by atoms with Gasteiger partial charge in [-0.05, 0) is 31.1 Å². The molecule has 5 nitrogen and oxygen atoms in total. The van der Waals surface area contributed by atoms with Crippen LogP contribution in [0.1, 0.15) is 25.0 Å². The van der Waals surface area contributed by atoms with Gasteiger partial charge in [0.1, 0.15) is 6.04 Å². The van der Waals surface area contributed by atoms with E-state index in [-0.39, 0.29) is 12.0 Å². The van der Waals surface area contributed by atoms with Crippen molar-refractivity contribution in [1.82, 2.24) is 10.2 Å². The van der Waals surface area contributed by atoms with Gasteiger partial charge in [-0.2, -0.15) is 0 Å². The molecular formula is C22H24N2O3. The molecule has 0 saturated heterocycles. The molecule has 0 bridgehead atoms. The molecule has 0 spiro atoms. The molecule has 2 amide bonds. The maximum atomic E-state index is 13.0. The van der Waals surface area contributed by atoms with E-state index in [4.69, 9.17) is 4.74 Å². The van der Waals surface area contributed by atoms with Crippen LogP contribution in [0.3, 0.4) is 0 Å². The molecule has 1 aliphatic heterocycles. The monoisotopic (exact) mass is 364 g/mol. The first-order valence-electron chi connectivity index (χ1n) is 9.12. The Labute approximate surface area is 159 Å². The molecule has 0 fully saturated rings. The van der Waals surface area contributed by atoms with E-state index in [0.29, 0.717) is 18.7 Å². The van der Waals surface area contributed by atoms with Crippen LogP contribution in [-0.4, -0.2) is 35.6 Å². The Morgan fingerprint density at radius 3 is 2.37 bits per heavy atom. The molecule has 1 atom stereocenters. The van der Waals surface area contributed by atoms with E-state index in [9.17, 15) is 9.59 Å². The predicted molar refractivity (Wildman–Crippen MR) is 105 cm³/mol. The highest BCUT2D eigenvalue weighted by Gasteiger charge is 2.33. The molecule has 2 aromatic rings. The minimum Gasteiger partial charge on any atom is -0.447 e. The number of nitrogens with one attached hydrogen (secondary N) is 1. The Morgan fingerprint density at radius 1 is 1.11 bits per heavy atom. The highest BCUT2D eigenvalue weighted by atomic mass is 16.6. The quantitative estimate of drug-likeness (QED) is 0.901. The van der Waals surface area contributed by atoms with Gasteiger partial charge in [-0.3, -0.25) is 9.69 Å². The lowest BCUT2D eigenvalue weighted by molar-refractivity contribution is -0.124. The first-order valence-corrected chi connectivity index (χ1v) is 9.12. The molecule has 27 heavy (non-hydrogen) atoms. The van der Waals surface area contributed by atoms with Crippen LogP contribution >= 0.6 is 0 Å². The van der Waals surface area contributed by atoms with Crippen LogP contribution in [0.2, 0.25) is 0 Å². The summed E-state index contributed by atoms with van der Waals surface area (Å²) in [5.74, 6) is -0.216. The van der Waals surface area contributed by atoms with E-state index in [0.717, 1.165) is 11.1 Å². The minimum atomic E-state index is -0.642. The van der Waals surface area contributed by atoms with Gasteiger partial charge in [0.05, 0.1) is 6.10 Å². The van der Waals surface area contributed by atoms with Crippen LogP contribution in [0.5, 0.6) is 0 Å². The number of carbonyl (C=O) groups excluding carboxylic acids is 2. The summed E-state index contributed by atoms with van der Waals surface area (Å²) in [6.45, 7) is 3.90. The molecule has 1 N–H and O–H groups in total. The summed E-state index contributed by atoms with van der Waals surface area (Å²) in [6, 6.07) is 18.7. The van der Waals surface area contributed by atoms with E-state index < -0.39 is 12.1 Å². The smallest absolute Gasteiger partial charge is 0.411 e. The topological polar surface area (TPSA) is 58.6 Å². The number of nitrogens with zero attached hydrogens (tertiary/aromatic N) is 1. The van der Waals surface area contributed by atoms with Gasteiger partial charge in [0.2, 0.25) is 5.91 Å². The van der Waals surface area contributed by atoms with E-state index in [1.807, 2.05) is 66.7 Å². The molecule has 5 heteroatoms. The Balaban J connectivity index is 1.89. The second kappa shape index (κ2) is 8.54. The van der Waals surface area contributed by atoms with E-state index >= 15 is 0 Å². The standard InChI is InChI=1S/C22H24N2O3/c1-16(2)27-22(26)24-14-13-19(18-11-7-4-8-12-18)23-21(25)20(24)15-17-9-5-3-6-10-17/h3-13,16,20H,14-15H2,1-2H3,(H,23,25)/t20-/m0/s1. The minimum absolute atomic E-state index is 0.216. The summed E-state index contributed by atoms with van der Waals surface area (Å²) >= 11 is 0. The van der Waals surface area contributed by atoms with Crippen molar-refractivity contribution in [3.63, 3.8) is 0 Å². The van der Waals surface area contributed by atoms with Gasteiger partial charge in [-0.25, -0.2) is 4.79 Å².